The number of halogens is 1. The van der Waals surface area contributed by atoms with Gasteiger partial charge in [0.15, 0.2) is 0 Å². The fraction of sp³-hybridized carbons (Fsp3) is 0.643. The van der Waals surface area contributed by atoms with Crippen LogP contribution in [-0.4, -0.2) is 36.1 Å². The summed E-state index contributed by atoms with van der Waals surface area (Å²) in [5.74, 6) is -0.283. The topological polar surface area (TPSA) is 28.2 Å². The predicted octanol–water partition coefficient (Wildman–Crippen LogP) is 2.36. The summed E-state index contributed by atoms with van der Waals surface area (Å²) in [6.45, 7) is 3.03. The molecule has 0 aromatic carbocycles. The van der Waals surface area contributed by atoms with E-state index in [9.17, 15) is 4.39 Å². The maximum absolute atomic E-state index is 12.8. The van der Waals surface area contributed by atoms with E-state index in [0.717, 1.165) is 12.2 Å². The molecule has 1 atom stereocenters. The van der Waals surface area contributed by atoms with E-state index < -0.39 is 0 Å². The number of rotatable bonds is 5. The van der Waals surface area contributed by atoms with E-state index in [4.69, 9.17) is 0 Å². The Balaban J connectivity index is 1.91. The number of likely N-dealkylation sites (N-methyl/N-ethyl adjacent to an activating group) is 1. The highest BCUT2D eigenvalue weighted by Gasteiger charge is 2.38. The van der Waals surface area contributed by atoms with Gasteiger partial charge in [-0.25, -0.2) is 4.39 Å². The molecule has 0 amide bonds. The lowest BCUT2D eigenvalue weighted by atomic mass is 9.75. The van der Waals surface area contributed by atoms with E-state index in [1.54, 1.807) is 6.07 Å². The Morgan fingerprint density at radius 2 is 2.17 bits per heavy atom. The van der Waals surface area contributed by atoms with Crippen molar-refractivity contribution in [3.05, 3.63) is 29.8 Å². The molecule has 3 nitrogen and oxygen atoms in total. The molecular weight excluding hydrogens is 229 g/mol. The van der Waals surface area contributed by atoms with E-state index in [-0.39, 0.29) is 11.9 Å². The maximum Gasteiger partial charge on any atom is 0.141 e. The van der Waals surface area contributed by atoms with Crippen molar-refractivity contribution in [3.8, 4) is 0 Å². The largest absolute Gasteiger partial charge is 0.307 e. The molecule has 4 heteroatoms. The average Bonchev–Trinajstić information content (AvgIpc) is 2.27. The second-order valence-electron chi connectivity index (χ2n) is 5.48. The minimum Gasteiger partial charge on any atom is -0.307 e. The molecule has 1 saturated carbocycles. The molecule has 1 aliphatic rings. The summed E-state index contributed by atoms with van der Waals surface area (Å²) >= 11 is 0. The molecule has 1 heterocycles. The summed E-state index contributed by atoms with van der Waals surface area (Å²) in [5.41, 5.74) is 1.19. The second kappa shape index (κ2) is 5.33. The first kappa shape index (κ1) is 13.4. The van der Waals surface area contributed by atoms with Crippen LogP contribution in [0.3, 0.4) is 0 Å². The van der Waals surface area contributed by atoms with Gasteiger partial charge in [-0.1, -0.05) is 0 Å². The van der Waals surface area contributed by atoms with Crippen molar-refractivity contribution in [2.75, 3.05) is 20.6 Å². The third-order valence-corrected chi connectivity index (χ3v) is 4.16. The molecule has 1 fully saturated rings. The van der Waals surface area contributed by atoms with Crippen LogP contribution in [0.2, 0.25) is 0 Å². The Morgan fingerprint density at radius 3 is 2.61 bits per heavy atom. The average molecular weight is 251 g/mol. The third kappa shape index (κ3) is 2.70. The molecule has 0 bridgehead atoms. The molecule has 0 radical (unpaired) electrons. The van der Waals surface area contributed by atoms with E-state index in [1.165, 1.54) is 31.5 Å². The fourth-order valence-corrected chi connectivity index (χ4v) is 2.46. The van der Waals surface area contributed by atoms with Crippen molar-refractivity contribution in [2.24, 2.45) is 0 Å². The highest BCUT2D eigenvalue weighted by atomic mass is 19.1. The van der Waals surface area contributed by atoms with Crippen LogP contribution >= 0.6 is 0 Å². The Morgan fingerprint density at radius 1 is 1.44 bits per heavy atom. The summed E-state index contributed by atoms with van der Waals surface area (Å²) < 4.78 is 12.8. The zero-order valence-corrected chi connectivity index (χ0v) is 11.4. The minimum absolute atomic E-state index is 0.156. The number of hydrogen-bond donors (Lipinski definition) is 1. The van der Waals surface area contributed by atoms with Gasteiger partial charge in [0.25, 0.3) is 0 Å². The van der Waals surface area contributed by atoms with Crippen molar-refractivity contribution in [1.29, 1.82) is 0 Å². The summed E-state index contributed by atoms with van der Waals surface area (Å²) in [5, 5.41) is 3.52. The van der Waals surface area contributed by atoms with E-state index in [0.29, 0.717) is 5.54 Å². The Hall–Kier alpha value is -1.00. The monoisotopic (exact) mass is 251 g/mol. The molecule has 2 rings (SSSR count). The van der Waals surface area contributed by atoms with Gasteiger partial charge in [0.05, 0.1) is 11.9 Å². The van der Waals surface area contributed by atoms with Crippen molar-refractivity contribution in [3.63, 3.8) is 0 Å². The van der Waals surface area contributed by atoms with Crippen molar-refractivity contribution >= 4 is 0 Å². The molecule has 18 heavy (non-hydrogen) atoms. The SMILES string of the molecule is CC(NCC1(N(C)C)CCC1)c1ccc(F)cn1. The van der Waals surface area contributed by atoms with Gasteiger partial charge in [-0.2, -0.15) is 0 Å². The Kier molecular flexibility index (Phi) is 3.97. The Bertz CT molecular complexity index is 385. The van der Waals surface area contributed by atoms with Gasteiger partial charge in [0.2, 0.25) is 0 Å². The number of pyridine rings is 1. The second-order valence-corrected chi connectivity index (χ2v) is 5.48. The van der Waals surface area contributed by atoms with Crippen molar-refractivity contribution < 1.29 is 4.39 Å². The molecule has 1 unspecified atom stereocenters. The minimum atomic E-state index is -0.283. The molecule has 0 aliphatic heterocycles. The summed E-state index contributed by atoms with van der Waals surface area (Å²) in [6.07, 6.45) is 5.08. The molecule has 1 aliphatic carbocycles. The van der Waals surface area contributed by atoms with Crippen LogP contribution in [0.4, 0.5) is 4.39 Å². The summed E-state index contributed by atoms with van der Waals surface area (Å²) in [4.78, 5) is 6.43. The van der Waals surface area contributed by atoms with Crippen LogP contribution in [-0.2, 0) is 0 Å². The van der Waals surface area contributed by atoms with Gasteiger partial charge in [-0.05, 0) is 52.4 Å². The fourth-order valence-electron chi connectivity index (χ4n) is 2.46. The zero-order chi connectivity index (χ0) is 13.2. The van der Waals surface area contributed by atoms with Gasteiger partial charge < -0.3 is 10.2 Å². The zero-order valence-electron chi connectivity index (χ0n) is 11.4. The molecule has 0 saturated heterocycles. The lowest BCUT2D eigenvalue weighted by molar-refractivity contribution is 0.0575. The molecule has 100 valence electrons. The summed E-state index contributed by atoms with van der Waals surface area (Å²) in [7, 11) is 4.28. The quantitative estimate of drug-likeness (QED) is 0.870. The van der Waals surface area contributed by atoms with Crippen LogP contribution < -0.4 is 5.32 Å². The van der Waals surface area contributed by atoms with Gasteiger partial charge in [-0.3, -0.25) is 4.98 Å². The molecule has 0 spiro atoms. The first-order valence-corrected chi connectivity index (χ1v) is 6.56. The Labute approximate surface area is 108 Å². The highest BCUT2D eigenvalue weighted by molar-refractivity contribution is 5.09. The van der Waals surface area contributed by atoms with E-state index in [1.807, 2.05) is 0 Å². The lowest BCUT2D eigenvalue weighted by Gasteiger charge is -2.48. The molecular formula is C14H22FN3. The predicted molar refractivity (Wildman–Crippen MR) is 70.9 cm³/mol. The number of hydrogen-bond acceptors (Lipinski definition) is 3. The van der Waals surface area contributed by atoms with Crippen LogP contribution in [0.5, 0.6) is 0 Å². The van der Waals surface area contributed by atoms with Crippen molar-refractivity contribution in [2.45, 2.75) is 37.8 Å². The number of aromatic nitrogens is 1. The van der Waals surface area contributed by atoms with E-state index >= 15 is 0 Å². The standard InChI is InChI=1S/C14H22FN3/c1-11(13-6-5-12(15)9-16-13)17-10-14(18(2)3)7-4-8-14/h5-6,9,11,17H,4,7-8,10H2,1-3H3. The first-order valence-electron chi connectivity index (χ1n) is 6.56. The maximum atomic E-state index is 12.8. The first-order chi connectivity index (χ1) is 8.53. The molecule has 1 aromatic rings. The van der Waals surface area contributed by atoms with Crippen LogP contribution in [0.1, 0.15) is 37.9 Å². The molecule has 1 N–H and O–H groups in total. The van der Waals surface area contributed by atoms with Crippen LogP contribution in [0.25, 0.3) is 0 Å². The van der Waals surface area contributed by atoms with Gasteiger partial charge in [0, 0.05) is 18.1 Å². The summed E-state index contributed by atoms with van der Waals surface area (Å²) in [6, 6.07) is 3.37. The highest BCUT2D eigenvalue weighted by Crippen LogP contribution is 2.35. The van der Waals surface area contributed by atoms with Crippen LogP contribution in [0, 0.1) is 5.82 Å². The van der Waals surface area contributed by atoms with Gasteiger partial charge >= 0.3 is 0 Å². The molecule has 1 aromatic heterocycles. The number of nitrogens with one attached hydrogen (secondary N) is 1. The van der Waals surface area contributed by atoms with E-state index in [2.05, 4.69) is 36.2 Å². The van der Waals surface area contributed by atoms with Crippen LogP contribution in [0.15, 0.2) is 18.3 Å². The van der Waals surface area contributed by atoms with Gasteiger partial charge in [-0.15, -0.1) is 0 Å². The van der Waals surface area contributed by atoms with Gasteiger partial charge in [0.1, 0.15) is 5.82 Å². The number of nitrogens with zero attached hydrogens (tertiary/aromatic N) is 2. The third-order valence-electron chi connectivity index (χ3n) is 4.16. The van der Waals surface area contributed by atoms with Crippen molar-refractivity contribution in [1.82, 2.24) is 15.2 Å². The smallest absolute Gasteiger partial charge is 0.141 e. The normalized spacial score (nSPS) is 19.6. The lowest BCUT2D eigenvalue weighted by Crippen LogP contribution is -2.56.